The molecular formula is C10H15NO. The summed E-state index contributed by atoms with van der Waals surface area (Å²) in [7, 11) is 0. The molecule has 0 atom stereocenters. The van der Waals surface area contributed by atoms with Gasteiger partial charge in [-0.05, 0) is 29.5 Å². The van der Waals surface area contributed by atoms with E-state index in [1.807, 2.05) is 26.0 Å². The van der Waals surface area contributed by atoms with Gasteiger partial charge in [0.15, 0.2) is 0 Å². The molecule has 0 unspecified atom stereocenters. The molecule has 1 rings (SSSR count). The lowest BCUT2D eigenvalue weighted by Gasteiger charge is -2.21. The molecule has 2 nitrogen and oxygen atoms in total. The summed E-state index contributed by atoms with van der Waals surface area (Å²) in [5, 5.41) is 9.04. The van der Waals surface area contributed by atoms with Crippen LogP contribution in [0.15, 0.2) is 24.5 Å². The molecule has 66 valence electrons. The van der Waals surface area contributed by atoms with Gasteiger partial charge in [-0.15, -0.1) is 0 Å². The second kappa shape index (κ2) is 3.68. The van der Waals surface area contributed by atoms with Gasteiger partial charge in [-0.25, -0.2) is 0 Å². The zero-order valence-electron chi connectivity index (χ0n) is 7.62. The number of rotatable bonds is 3. The summed E-state index contributed by atoms with van der Waals surface area (Å²) in [4.78, 5) is 3.94. The maximum atomic E-state index is 9.04. The zero-order valence-corrected chi connectivity index (χ0v) is 7.62. The summed E-state index contributed by atoms with van der Waals surface area (Å²) in [5.74, 6) is 0. The Balaban J connectivity index is 2.64. The van der Waals surface area contributed by atoms with E-state index in [0.717, 1.165) is 6.42 Å². The van der Waals surface area contributed by atoms with E-state index < -0.39 is 0 Å². The van der Waals surface area contributed by atoms with Crippen molar-refractivity contribution < 1.29 is 5.11 Å². The molecule has 2 heteroatoms. The normalized spacial score (nSPS) is 11.6. The lowest BCUT2D eigenvalue weighted by atomic mass is 9.87. The first-order chi connectivity index (χ1) is 5.64. The van der Waals surface area contributed by atoms with Gasteiger partial charge in [-0.3, -0.25) is 4.98 Å². The predicted molar refractivity (Wildman–Crippen MR) is 48.8 cm³/mol. The molecule has 1 heterocycles. The first-order valence-electron chi connectivity index (χ1n) is 4.14. The minimum Gasteiger partial charge on any atom is -0.396 e. The maximum absolute atomic E-state index is 9.04. The molecule has 0 spiro atoms. The van der Waals surface area contributed by atoms with Gasteiger partial charge in [0.05, 0.1) is 0 Å². The summed E-state index contributed by atoms with van der Waals surface area (Å²) in [6.45, 7) is 4.32. The first-order valence-corrected chi connectivity index (χ1v) is 4.14. The summed E-state index contributed by atoms with van der Waals surface area (Å²) in [6.07, 6.45) is 4.46. The van der Waals surface area contributed by atoms with E-state index >= 15 is 0 Å². The van der Waals surface area contributed by atoms with Gasteiger partial charge in [0.25, 0.3) is 0 Å². The van der Waals surface area contributed by atoms with Crippen molar-refractivity contribution >= 4 is 0 Å². The Morgan fingerprint density at radius 1 is 1.33 bits per heavy atom. The van der Waals surface area contributed by atoms with E-state index in [1.165, 1.54) is 5.56 Å². The minimum atomic E-state index is -0.0264. The van der Waals surface area contributed by atoms with Crippen molar-refractivity contribution in [2.45, 2.75) is 20.3 Å². The zero-order chi connectivity index (χ0) is 9.03. The van der Waals surface area contributed by atoms with Crippen LogP contribution in [0, 0.1) is 5.41 Å². The number of pyridine rings is 1. The van der Waals surface area contributed by atoms with Crippen molar-refractivity contribution in [3.63, 3.8) is 0 Å². The summed E-state index contributed by atoms with van der Waals surface area (Å²) < 4.78 is 0. The molecule has 0 saturated carbocycles. The highest BCUT2D eigenvalue weighted by Gasteiger charge is 2.16. The third-order valence-corrected chi connectivity index (χ3v) is 1.86. The number of nitrogens with zero attached hydrogens (tertiary/aromatic N) is 1. The molecular weight excluding hydrogens is 150 g/mol. The monoisotopic (exact) mass is 165 g/mol. The summed E-state index contributed by atoms with van der Waals surface area (Å²) in [5.41, 5.74) is 1.20. The van der Waals surface area contributed by atoms with Crippen LogP contribution in [0.1, 0.15) is 19.4 Å². The van der Waals surface area contributed by atoms with Gasteiger partial charge < -0.3 is 5.11 Å². The smallest absolute Gasteiger partial charge is 0.0485 e. The summed E-state index contributed by atoms with van der Waals surface area (Å²) >= 11 is 0. The van der Waals surface area contributed by atoms with Crippen LogP contribution in [0.2, 0.25) is 0 Å². The Kier molecular flexibility index (Phi) is 2.82. The standard InChI is InChI=1S/C10H15NO/c1-10(2,8-12)7-9-3-5-11-6-4-9/h3-6,12H,7-8H2,1-2H3. The van der Waals surface area contributed by atoms with Crippen molar-refractivity contribution in [1.29, 1.82) is 0 Å². The lowest BCUT2D eigenvalue weighted by Crippen LogP contribution is -2.19. The molecule has 0 aliphatic carbocycles. The molecule has 12 heavy (non-hydrogen) atoms. The number of aliphatic hydroxyl groups is 1. The third-order valence-electron chi connectivity index (χ3n) is 1.86. The van der Waals surface area contributed by atoms with E-state index in [0.29, 0.717) is 0 Å². The predicted octanol–water partition coefficient (Wildman–Crippen LogP) is 1.64. The van der Waals surface area contributed by atoms with E-state index in [2.05, 4.69) is 4.98 Å². The van der Waals surface area contributed by atoms with Gasteiger partial charge >= 0.3 is 0 Å². The second-order valence-corrected chi connectivity index (χ2v) is 3.85. The molecule has 1 N–H and O–H groups in total. The quantitative estimate of drug-likeness (QED) is 0.738. The molecule has 0 saturated heterocycles. The van der Waals surface area contributed by atoms with Crippen LogP contribution in [-0.4, -0.2) is 16.7 Å². The number of aromatic nitrogens is 1. The van der Waals surface area contributed by atoms with Gasteiger partial charge in [0.1, 0.15) is 0 Å². The number of hydrogen-bond acceptors (Lipinski definition) is 2. The van der Waals surface area contributed by atoms with Crippen LogP contribution in [0.5, 0.6) is 0 Å². The Bertz CT molecular complexity index is 231. The summed E-state index contributed by atoms with van der Waals surface area (Å²) in [6, 6.07) is 3.97. The molecule has 0 aliphatic rings. The van der Waals surface area contributed by atoms with Crippen molar-refractivity contribution in [3.8, 4) is 0 Å². The Morgan fingerprint density at radius 2 is 1.92 bits per heavy atom. The average Bonchev–Trinajstić information content (AvgIpc) is 2.06. The van der Waals surface area contributed by atoms with E-state index in [4.69, 9.17) is 5.11 Å². The molecule has 0 fully saturated rings. The van der Waals surface area contributed by atoms with E-state index in [1.54, 1.807) is 12.4 Å². The van der Waals surface area contributed by atoms with Gasteiger partial charge in [-0.2, -0.15) is 0 Å². The third kappa shape index (κ3) is 2.62. The van der Waals surface area contributed by atoms with Gasteiger partial charge in [0.2, 0.25) is 0 Å². The molecule has 1 aromatic heterocycles. The highest BCUT2D eigenvalue weighted by molar-refractivity contribution is 5.11. The van der Waals surface area contributed by atoms with Crippen LogP contribution >= 0.6 is 0 Å². The fourth-order valence-corrected chi connectivity index (χ4v) is 1.11. The van der Waals surface area contributed by atoms with Crippen molar-refractivity contribution in [2.75, 3.05) is 6.61 Å². The lowest BCUT2D eigenvalue weighted by molar-refractivity contribution is 0.159. The van der Waals surface area contributed by atoms with E-state index in [-0.39, 0.29) is 12.0 Å². The van der Waals surface area contributed by atoms with Gasteiger partial charge in [-0.1, -0.05) is 13.8 Å². The van der Waals surface area contributed by atoms with Crippen LogP contribution in [-0.2, 0) is 6.42 Å². The average molecular weight is 165 g/mol. The van der Waals surface area contributed by atoms with Crippen LogP contribution in [0.3, 0.4) is 0 Å². The largest absolute Gasteiger partial charge is 0.396 e. The van der Waals surface area contributed by atoms with Crippen LogP contribution in [0.4, 0.5) is 0 Å². The maximum Gasteiger partial charge on any atom is 0.0485 e. The van der Waals surface area contributed by atoms with E-state index in [9.17, 15) is 0 Å². The van der Waals surface area contributed by atoms with Crippen LogP contribution < -0.4 is 0 Å². The first kappa shape index (κ1) is 9.20. The highest BCUT2D eigenvalue weighted by Crippen LogP contribution is 2.19. The Hall–Kier alpha value is -0.890. The molecule has 0 radical (unpaired) electrons. The number of aliphatic hydroxyl groups excluding tert-OH is 1. The van der Waals surface area contributed by atoms with Crippen molar-refractivity contribution in [1.82, 2.24) is 4.98 Å². The van der Waals surface area contributed by atoms with Crippen LogP contribution in [0.25, 0.3) is 0 Å². The minimum absolute atomic E-state index is 0.0264. The SMILES string of the molecule is CC(C)(CO)Cc1ccncc1. The number of hydrogen-bond donors (Lipinski definition) is 1. The second-order valence-electron chi connectivity index (χ2n) is 3.85. The topological polar surface area (TPSA) is 33.1 Å². The molecule has 0 amide bonds. The fraction of sp³-hybridized carbons (Fsp3) is 0.500. The Morgan fingerprint density at radius 3 is 2.42 bits per heavy atom. The van der Waals surface area contributed by atoms with Crippen molar-refractivity contribution in [3.05, 3.63) is 30.1 Å². The van der Waals surface area contributed by atoms with Gasteiger partial charge in [0, 0.05) is 19.0 Å². The Labute approximate surface area is 73.3 Å². The molecule has 0 bridgehead atoms. The fourth-order valence-electron chi connectivity index (χ4n) is 1.11. The molecule has 0 aliphatic heterocycles. The molecule has 1 aromatic rings. The van der Waals surface area contributed by atoms with Crippen molar-refractivity contribution in [2.24, 2.45) is 5.41 Å². The molecule has 0 aromatic carbocycles. The highest BCUT2D eigenvalue weighted by atomic mass is 16.3.